The predicted octanol–water partition coefficient (Wildman–Crippen LogP) is 2.37. The Morgan fingerprint density at radius 1 is 0.909 bits per heavy atom. The standard InChI is InChI=1S/C17H22O5/c1-11(18)9-21-15-8-16(20-3)17(22-10-12(2)19)14-7-5-4-6-13(14)15/h4-8,11-12,18-19H,9-10H2,1-3H3. The summed E-state index contributed by atoms with van der Waals surface area (Å²) in [6.07, 6.45) is -1.13. The van der Waals surface area contributed by atoms with E-state index in [-0.39, 0.29) is 13.2 Å². The molecule has 0 bridgehead atoms. The Labute approximate surface area is 130 Å². The van der Waals surface area contributed by atoms with E-state index in [1.54, 1.807) is 27.0 Å². The molecule has 0 saturated heterocycles. The summed E-state index contributed by atoms with van der Waals surface area (Å²) in [4.78, 5) is 0. The first-order chi connectivity index (χ1) is 10.5. The Morgan fingerprint density at radius 2 is 1.50 bits per heavy atom. The number of aliphatic hydroxyl groups excluding tert-OH is 2. The van der Waals surface area contributed by atoms with Gasteiger partial charge in [0.25, 0.3) is 0 Å². The maximum absolute atomic E-state index is 9.43. The van der Waals surface area contributed by atoms with Crippen LogP contribution in [-0.4, -0.2) is 42.7 Å². The van der Waals surface area contributed by atoms with Crippen LogP contribution in [0.4, 0.5) is 0 Å². The number of rotatable bonds is 7. The first kappa shape index (κ1) is 16.4. The molecule has 22 heavy (non-hydrogen) atoms. The molecule has 0 saturated carbocycles. The van der Waals surface area contributed by atoms with Crippen LogP contribution >= 0.6 is 0 Å². The molecule has 0 amide bonds. The summed E-state index contributed by atoms with van der Waals surface area (Å²) in [7, 11) is 1.55. The van der Waals surface area contributed by atoms with Crippen LogP contribution in [0.5, 0.6) is 17.2 Å². The minimum absolute atomic E-state index is 0.175. The topological polar surface area (TPSA) is 68.2 Å². The molecule has 5 heteroatoms. The van der Waals surface area contributed by atoms with Gasteiger partial charge in [0, 0.05) is 16.8 Å². The van der Waals surface area contributed by atoms with Crippen LogP contribution in [0.3, 0.4) is 0 Å². The van der Waals surface area contributed by atoms with E-state index in [1.807, 2.05) is 24.3 Å². The first-order valence-electron chi connectivity index (χ1n) is 7.24. The van der Waals surface area contributed by atoms with Gasteiger partial charge in [0.15, 0.2) is 11.5 Å². The Morgan fingerprint density at radius 3 is 2.09 bits per heavy atom. The molecule has 0 heterocycles. The zero-order chi connectivity index (χ0) is 16.1. The lowest BCUT2D eigenvalue weighted by molar-refractivity contribution is 0.120. The molecule has 2 aromatic carbocycles. The van der Waals surface area contributed by atoms with Gasteiger partial charge in [0.1, 0.15) is 19.0 Å². The highest BCUT2D eigenvalue weighted by Crippen LogP contribution is 2.41. The molecule has 0 aromatic heterocycles. The van der Waals surface area contributed by atoms with Crippen molar-refractivity contribution in [3.05, 3.63) is 30.3 Å². The second-order valence-electron chi connectivity index (χ2n) is 5.27. The van der Waals surface area contributed by atoms with Crippen LogP contribution < -0.4 is 14.2 Å². The smallest absolute Gasteiger partial charge is 0.169 e. The Balaban J connectivity index is 2.48. The number of aliphatic hydroxyl groups is 2. The monoisotopic (exact) mass is 306 g/mol. The third kappa shape index (κ3) is 3.81. The van der Waals surface area contributed by atoms with Crippen molar-refractivity contribution in [3.63, 3.8) is 0 Å². The van der Waals surface area contributed by atoms with Crippen molar-refractivity contribution < 1.29 is 24.4 Å². The highest BCUT2D eigenvalue weighted by atomic mass is 16.5. The van der Waals surface area contributed by atoms with E-state index in [9.17, 15) is 10.2 Å². The van der Waals surface area contributed by atoms with Gasteiger partial charge in [0.2, 0.25) is 0 Å². The Bertz CT molecular complexity index is 622. The van der Waals surface area contributed by atoms with Crippen LogP contribution in [-0.2, 0) is 0 Å². The van der Waals surface area contributed by atoms with E-state index in [4.69, 9.17) is 14.2 Å². The highest BCUT2D eigenvalue weighted by Gasteiger charge is 2.16. The van der Waals surface area contributed by atoms with Crippen LogP contribution in [0.1, 0.15) is 13.8 Å². The summed E-state index contributed by atoms with van der Waals surface area (Å²) in [5, 5.41) is 20.5. The average Bonchev–Trinajstić information content (AvgIpc) is 2.50. The molecule has 0 radical (unpaired) electrons. The van der Waals surface area contributed by atoms with E-state index in [1.165, 1.54) is 0 Å². The normalized spacial score (nSPS) is 13.7. The van der Waals surface area contributed by atoms with E-state index >= 15 is 0 Å². The van der Waals surface area contributed by atoms with Crippen molar-refractivity contribution in [1.82, 2.24) is 0 Å². The molecule has 0 aliphatic carbocycles. The Kier molecular flexibility index (Phi) is 5.46. The zero-order valence-corrected chi connectivity index (χ0v) is 13.1. The first-order valence-corrected chi connectivity index (χ1v) is 7.24. The fraction of sp³-hybridized carbons (Fsp3) is 0.412. The van der Waals surface area contributed by atoms with Crippen LogP contribution in [0.15, 0.2) is 30.3 Å². The number of benzene rings is 2. The van der Waals surface area contributed by atoms with Gasteiger partial charge in [-0.05, 0) is 13.8 Å². The quantitative estimate of drug-likeness (QED) is 0.822. The largest absolute Gasteiger partial charge is 0.493 e. The minimum atomic E-state index is -0.574. The highest BCUT2D eigenvalue weighted by molar-refractivity contribution is 5.95. The van der Waals surface area contributed by atoms with Gasteiger partial charge >= 0.3 is 0 Å². The van der Waals surface area contributed by atoms with Crippen LogP contribution in [0.25, 0.3) is 10.8 Å². The van der Waals surface area contributed by atoms with E-state index in [2.05, 4.69) is 0 Å². The summed E-state index contributed by atoms with van der Waals surface area (Å²) in [5.74, 6) is 1.72. The van der Waals surface area contributed by atoms with Gasteiger partial charge in [-0.3, -0.25) is 0 Å². The second-order valence-corrected chi connectivity index (χ2v) is 5.27. The zero-order valence-electron chi connectivity index (χ0n) is 13.1. The molecule has 5 nitrogen and oxygen atoms in total. The van der Waals surface area contributed by atoms with E-state index < -0.39 is 12.2 Å². The lowest BCUT2D eigenvalue weighted by Gasteiger charge is -2.18. The van der Waals surface area contributed by atoms with Gasteiger partial charge in [-0.25, -0.2) is 0 Å². The number of hydrogen-bond donors (Lipinski definition) is 2. The third-order valence-corrected chi connectivity index (χ3v) is 3.09. The maximum Gasteiger partial charge on any atom is 0.169 e. The molecule has 0 aliphatic rings. The molecule has 2 N–H and O–H groups in total. The fourth-order valence-corrected chi connectivity index (χ4v) is 2.13. The molecule has 120 valence electrons. The van der Waals surface area contributed by atoms with Gasteiger partial charge < -0.3 is 24.4 Å². The molecule has 2 unspecified atom stereocenters. The SMILES string of the molecule is COc1cc(OCC(C)O)c2ccccc2c1OCC(C)O. The van der Waals surface area contributed by atoms with Crippen molar-refractivity contribution in [1.29, 1.82) is 0 Å². The van der Waals surface area contributed by atoms with Gasteiger partial charge in [-0.1, -0.05) is 24.3 Å². The van der Waals surface area contributed by atoms with Gasteiger partial charge in [-0.2, -0.15) is 0 Å². The van der Waals surface area contributed by atoms with Crippen molar-refractivity contribution >= 4 is 10.8 Å². The van der Waals surface area contributed by atoms with Crippen molar-refractivity contribution in [2.24, 2.45) is 0 Å². The minimum Gasteiger partial charge on any atom is -0.493 e. The number of ether oxygens (including phenoxy) is 3. The van der Waals surface area contributed by atoms with Gasteiger partial charge in [-0.15, -0.1) is 0 Å². The summed E-state index contributed by atoms with van der Waals surface area (Å²) in [6.45, 7) is 3.70. The summed E-state index contributed by atoms with van der Waals surface area (Å²) >= 11 is 0. The summed E-state index contributed by atoms with van der Waals surface area (Å²) in [5.41, 5.74) is 0. The van der Waals surface area contributed by atoms with E-state index in [0.717, 1.165) is 10.8 Å². The van der Waals surface area contributed by atoms with Gasteiger partial charge in [0.05, 0.1) is 19.3 Å². The molecule has 2 rings (SSSR count). The number of methoxy groups -OCH3 is 1. The lowest BCUT2D eigenvalue weighted by atomic mass is 10.1. The maximum atomic E-state index is 9.43. The van der Waals surface area contributed by atoms with Crippen LogP contribution in [0.2, 0.25) is 0 Å². The molecule has 2 aromatic rings. The molecular formula is C17H22O5. The summed E-state index contributed by atoms with van der Waals surface area (Å²) in [6, 6.07) is 9.37. The van der Waals surface area contributed by atoms with Crippen molar-refractivity contribution in [3.8, 4) is 17.2 Å². The van der Waals surface area contributed by atoms with Crippen molar-refractivity contribution in [2.45, 2.75) is 26.1 Å². The van der Waals surface area contributed by atoms with E-state index in [0.29, 0.717) is 17.2 Å². The molecule has 0 spiro atoms. The fourth-order valence-electron chi connectivity index (χ4n) is 2.13. The molecule has 0 aliphatic heterocycles. The lowest BCUT2D eigenvalue weighted by Crippen LogP contribution is -2.14. The predicted molar refractivity (Wildman–Crippen MR) is 84.9 cm³/mol. The average molecular weight is 306 g/mol. The van der Waals surface area contributed by atoms with Crippen LogP contribution in [0, 0.1) is 0 Å². The summed E-state index contributed by atoms with van der Waals surface area (Å²) < 4.78 is 16.8. The number of hydrogen-bond acceptors (Lipinski definition) is 5. The molecule has 2 atom stereocenters. The third-order valence-electron chi connectivity index (χ3n) is 3.09. The number of fused-ring (bicyclic) bond motifs is 1. The molecule has 0 fully saturated rings. The Hall–Kier alpha value is -1.98. The van der Waals surface area contributed by atoms with Crippen molar-refractivity contribution in [2.75, 3.05) is 20.3 Å². The molecular weight excluding hydrogens is 284 g/mol. The second kappa shape index (κ2) is 7.33.